The molecule has 0 amide bonds. The van der Waals surface area contributed by atoms with Crippen molar-refractivity contribution >= 4 is 11.6 Å². The van der Waals surface area contributed by atoms with Crippen LogP contribution in [0.5, 0.6) is 0 Å². The normalized spacial score (nSPS) is 15.8. The zero-order valence-electron chi connectivity index (χ0n) is 9.74. The molecule has 2 heterocycles. The van der Waals surface area contributed by atoms with Gasteiger partial charge in [0, 0.05) is 29.2 Å². The first-order chi connectivity index (χ1) is 9.15. The second kappa shape index (κ2) is 4.86. The van der Waals surface area contributed by atoms with Gasteiger partial charge < -0.3 is 9.84 Å². The third-order valence-electron chi connectivity index (χ3n) is 3.06. The smallest absolute Gasteiger partial charge is 0.264 e. The second-order valence-electron chi connectivity index (χ2n) is 4.34. The molecule has 1 aromatic heterocycles. The number of benzene rings is 1. The predicted molar refractivity (Wildman–Crippen MR) is 65.3 cm³/mol. The van der Waals surface area contributed by atoms with Crippen LogP contribution in [0.2, 0.25) is 5.02 Å². The molecule has 0 bridgehead atoms. The third-order valence-corrected chi connectivity index (χ3v) is 3.30. The number of rotatable bonds is 3. The van der Waals surface area contributed by atoms with E-state index in [1.54, 1.807) is 0 Å². The number of aromatic nitrogens is 2. The molecular weight excluding hydrogens is 276 g/mol. The Morgan fingerprint density at radius 3 is 2.79 bits per heavy atom. The highest BCUT2D eigenvalue weighted by Gasteiger charge is 2.26. The van der Waals surface area contributed by atoms with E-state index in [4.69, 9.17) is 16.1 Å². The van der Waals surface area contributed by atoms with Crippen LogP contribution in [0, 0.1) is 0 Å². The van der Waals surface area contributed by atoms with Gasteiger partial charge in [-0.1, -0.05) is 16.8 Å². The van der Waals surface area contributed by atoms with Crippen molar-refractivity contribution in [1.82, 2.24) is 15.5 Å². The minimum absolute atomic E-state index is 0.170. The van der Waals surface area contributed by atoms with Crippen molar-refractivity contribution in [3.05, 3.63) is 34.7 Å². The Labute approximate surface area is 112 Å². The molecule has 1 aliphatic rings. The first-order valence-corrected chi connectivity index (χ1v) is 6.15. The average Bonchev–Trinajstić information content (AvgIpc) is 2.75. The van der Waals surface area contributed by atoms with Gasteiger partial charge in [0.2, 0.25) is 11.7 Å². The Kier molecular flexibility index (Phi) is 3.20. The van der Waals surface area contributed by atoms with E-state index >= 15 is 0 Å². The third kappa shape index (κ3) is 2.33. The molecular formula is C12H10ClF2N3O. The van der Waals surface area contributed by atoms with E-state index in [2.05, 4.69) is 15.5 Å². The maximum atomic E-state index is 13.0. The molecule has 1 saturated heterocycles. The van der Waals surface area contributed by atoms with Crippen LogP contribution in [-0.4, -0.2) is 23.2 Å². The summed E-state index contributed by atoms with van der Waals surface area (Å²) in [6.45, 7) is 1.54. The lowest BCUT2D eigenvalue weighted by atomic mass is 10.0. The quantitative estimate of drug-likeness (QED) is 0.942. The first-order valence-electron chi connectivity index (χ1n) is 5.77. The summed E-state index contributed by atoms with van der Waals surface area (Å²) in [5, 5.41) is 7.11. The highest BCUT2D eigenvalue weighted by atomic mass is 35.5. The topological polar surface area (TPSA) is 51.0 Å². The number of hydrogen-bond acceptors (Lipinski definition) is 4. The van der Waals surface area contributed by atoms with Crippen molar-refractivity contribution in [2.75, 3.05) is 13.1 Å². The van der Waals surface area contributed by atoms with Crippen LogP contribution in [-0.2, 0) is 0 Å². The number of nitrogens with zero attached hydrogens (tertiary/aromatic N) is 2. The summed E-state index contributed by atoms with van der Waals surface area (Å²) in [5.41, 5.74) is 0.0632. The van der Waals surface area contributed by atoms with Gasteiger partial charge in [-0.2, -0.15) is 4.98 Å². The SMILES string of the molecule is FC(F)c1cc(Cl)ccc1-c1noc(C2CNC2)n1. The van der Waals surface area contributed by atoms with E-state index in [-0.39, 0.29) is 27.9 Å². The maximum Gasteiger partial charge on any atom is 0.264 e. The summed E-state index contributed by atoms with van der Waals surface area (Å²) in [4.78, 5) is 4.18. The molecule has 1 N–H and O–H groups in total. The number of hydrogen-bond donors (Lipinski definition) is 1. The van der Waals surface area contributed by atoms with Gasteiger partial charge in [-0.05, 0) is 18.2 Å². The van der Waals surface area contributed by atoms with E-state index in [1.165, 1.54) is 18.2 Å². The summed E-state index contributed by atoms with van der Waals surface area (Å²) in [7, 11) is 0. The van der Waals surface area contributed by atoms with Crippen molar-refractivity contribution in [3.8, 4) is 11.4 Å². The standard InChI is InChI=1S/C12H10ClF2N3O/c13-7-1-2-8(9(3-7)10(14)15)11-17-12(19-18-11)6-4-16-5-6/h1-3,6,10,16H,4-5H2. The van der Waals surface area contributed by atoms with E-state index in [0.29, 0.717) is 5.89 Å². The van der Waals surface area contributed by atoms with Crippen molar-refractivity contribution in [2.45, 2.75) is 12.3 Å². The fraction of sp³-hybridized carbons (Fsp3) is 0.333. The van der Waals surface area contributed by atoms with Crippen LogP contribution >= 0.6 is 11.6 Å². The van der Waals surface area contributed by atoms with Gasteiger partial charge in [0.05, 0.1) is 5.92 Å². The van der Waals surface area contributed by atoms with Crippen molar-refractivity contribution in [1.29, 1.82) is 0 Å². The molecule has 4 nitrogen and oxygen atoms in total. The molecule has 0 saturated carbocycles. The maximum absolute atomic E-state index is 13.0. The van der Waals surface area contributed by atoms with Gasteiger partial charge in [0.15, 0.2) is 0 Å². The Bertz CT molecular complexity index is 598. The van der Waals surface area contributed by atoms with Crippen molar-refractivity contribution < 1.29 is 13.3 Å². The van der Waals surface area contributed by atoms with Crippen LogP contribution in [0.15, 0.2) is 22.7 Å². The molecule has 7 heteroatoms. The van der Waals surface area contributed by atoms with Gasteiger partial charge in [0.1, 0.15) is 0 Å². The molecule has 3 rings (SSSR count). The molecule has 1 aromatic carbocycles. The zero-order chi connectivity index (χ0) is 13.4. The van der Waals surface area contributed by atoms with Crippen LogP contribution in [0.25, 0.3) is 11.4 Å². The van der Waals surface area contributed by atoms with Gasteiger partial charge in [0.25, 0.3) is 6.43 Å². The van der Waals surface area contributed by atoms with Gasteiger partial charge in [-0.25, -0.2) is 8.78 Å². The largest absolute Gasteiger partial charge is 0.339 e. The Balaban J connectivity index is 1.98. The fourth-order valence-corrected chi connectivity index (χ4v) is 2.07. The highest BCUT2D eigenvalue weighted by molar-refractivity contribution is 6.30. The molecule has 19 heavy (non-hydrogen) atoms. The molecule has 0 aliphatic carbocycles. The molecule has 0 atom stereocenters. The van der Waals surface area contributed by atoms with Crippen LogP contribution in [0.4, 0.5) is 8.78 Å². The summed E-state index contributed by atoms with van der Waals surface area (Å²) >= 11 is 5.73. The van der Waals surface area contributed by atoms with E-state index < -0.39 is 6.43 Å². The second-order valence-corrected chi connectivity index (χ2v) is 4.78. The highest BCUT2D eigenvalue weighted by Crippen LogP contribution is 2.32. The molecule has 1 fully saturated rings. The minimum atomic E-state index is -2.64. The van der Waals surface area contributed by atoms with Gasteiger partial charge in [-0.15, -0.1) is 0 Å². The van der Waals surface area contributed by atoms with E-state index in [9.17, 15) is 8.78 Å². The Hall–Kier alpha value is -1.53. The average molecular weight is 286 g/mol. The van der Waals surface area contributed by atoms with Crippen molar-refractivity contribution in [2.24, 2.45) is 0 Å². The first kappa shape index (κ1) is 12.5. The lowest BCUT2D eigenvalue weighted by Gasteiger charge is -2.22. The summed E-state index contributed by atoms with van der Waals surface area (Å²) in [5.74, 6) is 0.821. The van der Waals surface area contributed by atoms with Crippen LogP contribution < -0.4 is 5.32 Å². The lowest BCUT2D eigenvalue weighted by Crippen LogP contribution is -2.40. The molecule has 0 spiro atoms. The minimum Gasteiger partial charge on any atom is -0.339 e. The fourth-order valence-electron chi connectivity index (χ4n) is 1.89. The van der Waals surface area contributed by atoms with Crippen molar-refractivity contribution in [3.63, 3.8) is 0 Å². The molecule has 0 unspecified atom stereocenters. The summed E-state index contributed by atoms with van der Waals surface area (Å²) in [6.07, 6.45) is -2.64. The van der Waals surface area contributed by atoms with Gasteiger partial charge in [-0.3, -0.25) is 0 Å². The molecule has 100 valence electrons. The molecule has 1 aliphatic heterocycles. The zero-order valence-corrected chi connectivity index (χ0v) is 10.5. The monoisotopic (exact) mass is 285 g/mol. The lowest BCUT2D eigenvalue weighted by molar-refractivity contribution is 0.152. The Morgan fingerprint density at radius 1 is 1.37 bits per heavy atom. The predicted octanol–water partition coefficient (Wildman–Crippen LogP) is 3.01. The van der Waals surface area contributed by atoms with Gasteiger partial charge >= 0.3 is 0 Å². The van der Waals surface area contributed by atoms with Crippen LogP contribution in [0.3, 0.4) is 0 Å². The summed E-state index contributed by atoms with van der Waals surface area (Å²) < 4.78 is 31.1. The van der Waals surface area contributed by atoms with Crippen LogP contribution in [0.1, 0.15) is 23.8 Å². The molecule has 2 aromatic rings. The number of nitrogens with one attached hydrogen (secondary N) is 1. The number of halogens is 3. The summed E-state index contributed by atoms with van der Waals surface area (Å²) in [6, 6.07) is 4.24. The number of alkyl halides is 2. The molecule has 0 radical (unpaired) electrons. The van der Waals surface area contributed by atoms with E-state index in [1.807, 2.05) is 0 Å². The Morgan fingerprint density at radius 2 is 2.16 bits per heavy atom. The van der Waals surface area contributed by atoms with E-state index in [0.717, 1.165) is 13.1 Å².